The second kappa shape index (κ2) is 8.80. The van der Waals surface area contributed by atoms with Crippen LogP contribution in [0, 0.1) is 11.3 Å². The smallest absolute Gasteiger partial charge is 0.248 e. The summed E-state index contributed by atoms with van der Waals surface area (Å²) in [6.07, 6.45) is 5.26. The van der Waals surface area contributed by atoms with Crippen molar-refractivity contribution < 1.29 is 23.2 Å². The van der Waals surface area contributed by atoms with Crippen molar-refractivity contribution in [1.29, 1.82) is 0 Å². The largest absolute Gasteiger partial charge is 0.392 e. The SMILES string of the molecule is CC(C)C1(c2nc(C3CCC(F)(F)CC3)no2)CCN(C(=O)[C@@H]2C[C@@H](O)C3(CCC3)CN2)CC1. The maximum absolute atomic E-state index is 13.6. The number of nitrogens with one attached hydrogen (secondary N) is 1. The third-order valence-electron chi connectivity index (χ3n) is 9.54. The van der Waals surface area contributed by atoms with E-state index in [9.17, 15) is 18.7 Å². The Morgan fingerprint density at radius 3 is 2.38 bits per heavy atom. The molecule has 34 heavy (non-hydrogen) atoms. The van der Waals surface area contributed by atoms with E-state index in [2.05, 4.69) is 24.3 Å². The molecule has 7 nitrogen and oxygen atoms in total. The molecule has 1 spiro atoms. The van der Waals surface area contributed by atoms with Gasteiger partial charge in [0.1, 0.15) is 0 Å². The lowest BCUT2D eigenvalue weighted by Crippen LogP contribution is -2.62. The summed E-state index contributed by atoms with van der Waals surface area (Å²) in [6.45, 7) is 6.19. The van der Waals surface area contributed by atoms with Crippen molar-refractivity contribution in [3.8, 4) is 0 Å². The van der Waals surface area contributed by atoms with Crippen LogP contribution in [-0.2, 0) is 10.2 Å². The predicted octanol–water partition coefficient (Wildman–Crippen LogP) is 3.77. The average Bonchev–Trinajstić information content (AvgIpc) is 3.28. The van der Waals surface area contributed by atoms with Crippen molar-refractivity contribution in [3.05, 3.63) is 11.7 Å². The van der Waals surface area contributed by atoms with Gasteiger partial charge in [-0.25, -0.2) is 8.78 Å². The number of rotatable bonds is 4. The van der Waals surface area contributed by atoms with Gasteiger partial charge in [-0.05, 0) is 50.9 Å². The molecule has 1 aromatic rings. The predicted molar refractivity (Wildman–Crippen MR) is 121 cm³/mol. The number of carbonyl (C=O) groups is 1. The molecule has 4 fully saturated rings. The molecule has 0 unspecified atom stereocenters. The highest BCUT2D eigenvalue weighted by Crippen LogP contribution is 2.47. The van der Waals surface area contributed by atoms with Gasteiger partial charge >= 0.3 is 0 Å². The van der Waals surface area contributed by atoms with Crippen molar-refractivity contribution in [1.82, 2.24) is 20.4 Å². The van der Waals surface area contributed by atoms with E-state index in [1.165, 1.54) is 0 Å². The first kappa shape index (κ1) is 24.1. The van der Waals surface area contributed by atoms with Crippen LogP contribution in [0.3, 0.4) is 0 Å². The van der Waals surface area contributed by atoms with E-state index in [1.807, 2.05) is 4.90 Å². The van der Waals surface area contributed by atoms with E-state index in [4.69, 9.17) is 9.51 Å². The highest BCUT2D eigenvalue weighted by molar-refractivity contribution is 5.82. The van der Waals surface area contributed by atoms with Crippen LogP contribution in [-0.4, -0.2) is 63.8 Å². The number of carbonyl (C=O) groups excluding carboxylic acids is 1. The molecular weight excluding hydrogens is 442 g/mol. The number of alkyl halides is 2. The minimum Gasteiger partial charge on any atom is -0.392 e. The molecule has 0 aromatic carbocycles. The Morgan fingerprint density at radius 1 is 1.15 bits per heavy atom. The Hall–Kier alpha value is -1.61. The number of aliphatic hydroxyl groups is 1. The monoisotopic (exact) mass is 480 g/mol. The lowest BCUT2D eigenvalue weighted by molar-refractivity contribution is -0.141. The summed E-state index contributed by atoms with van der Waals surface area (Å²) < 4.78 is 32.9. The first-order valence-electron chi connectivity index (χ1n) is 13.1. The van der Waals surface area contributed by atoms with Gasteiger partial charge in [-0.15, -0.1) is 0 Å². The molecule has 3 heterocycles. The highest BCUT2D eigenvalue weighted by Gasteiger charge is 2.50. The number of aromatic nitrogens is 2. The molecular formula is C25H38F2N4O3. The van der Waals surface area contributed by atoms with Crippen LogP contribution in [0.25, 0.3) is 0 Å². The van der Waals surface area contributed by atoms with Gasteiger partial charge in [0.25, 0.3) is 0 Å². The molecule has 0 bridgehead atoms. The van der Waals surface area contributed by atoms with E-state index in [0.717, 1.165) is 32.1 Å². The molecule has 2 aliphatic heterocycles. The van der Waals surface area contributed by atoms with Crippen LogP contribution in [0.15, 0.2) is 4.52 Å². The molecule has 2 atom stereocenters. The number of likely N-dealkylation sites (tertiary alicyclic amines) is 1. The van der Waals surface area contributed by atoms with Gasteiger partial charge in [-0.3, -0.25) is 4.79 Å². The van der Waals surface area contributed by atoms with Crippen molar-refractivity contribution in [3.63, 3.8) is 0 Å². The number of nitrogens with zero attached hydrogens (tertiary/aromatic N) is 3. The maximum atomic E-state index is 13.6. The van der Waals surface area contributed by atoms with Crippen molar-refractivity contribution in [2.45, 2.75) is 107 Å². The number of amides is 1. The standard InChI is InChI=1S/C25H38F2N4O3/c1-16(2)24(22-29-20(30-34-22)17-4-8-25(26,27)9-5-17)10-12-31(13-11-24)21(33)18-14-19(32)23(15-28-18)6-3-7-23/h16-19,28,32H,3-15H2,1-2H3/t18-,19+/m0/s1. The zero-order valence-electron chi connectivity index (χ0n) is 20.4. The van der Waals surface area contributed by atoms with Crippen LogP contribution in [0.4, 0.5) is 8.78 Å². The molecule has 5 rings (SSSR count). The zero-order valence-corrected chi connectivity index (χ0v) is 20.4. The minimum atomic E-state index is -2.58. The maximum Gasteiger partial charge on any atom is 0.248 e. The van der Waals surface area contributed by atoms with E-state index >= 15 is 0 Å². The van der Waals surface area contributed by atoms with Gasteiger partial charge in [0.15, 0.2) is 5.82 Å². The number of piperidine rings is 2. The summed E-state index contributed by atoms with van der Waals surface area (Å²) in [6, 6.07) is -0.327. The summed E-state index contributed by atoms with van der Waals surface area (Å²) in [5, 5.41) is 18.3. The number of aliphatic hydroxyl groups excluding tert-OH is 1. The van der Waals surface area contributed by atoms with Crippen LogP contribution in [0.5, 0.6) is 0 Å². The lowest BCUT2D eigenvalue weighted by Gasteiger charge is -2.51. The van der Waals surface area contributed by atoms with E-state index in [1.54, 1.807) is 0 Å². The third kappa shape index (κ3) is 4.16. The van der Waals surface area contributed by atoms with Crippen LogP contribution < -0.4 is 5.32 Å². The second-order valence-electron chi connectivity index (χ2n) is 11.6. The number of hydrogen-bond acceptors (Lipinski definition) is 6. The molecule has 190 valence electrons. The fourth-order valence-electron chi connectivity index (χ4n) is 6.62. The Kier molecular flexibility index (Phi) is 6.24. The fraction of sp³-hybridized carbons (Fsp3) is 0.880. The summed E-state index contributed by atoms with van der Waals surface area (Å²) in [5.74, 6) is -1.22. The topological polar surface area (TPSA) is 91.5 Å². The van der Waals surface area contributed by atoms with Gasteiger partial charge in [0.2, 0.25) is 17.7 Å². The Labute approximate surface area is 200 Å². The molecule has 9 heteroatoms. The number of hydrogen-bond donors (Lipinski definition) is 2. The molecule has 1 aromatic heterocycles. The van der Waals surface area contributed by atoms with Crippen molar-refractivity contribution in [2.75, 3.05) is 19.6 Å². The molecule has 2 N–H and O–H groups in total. The van der Waals surface area contributed by atoms with Crippen LogP contribution >= 0.6 is 0 Å². The zero-order chi connectivity index (χ0) is 24.1. The average molecular weight is 481 g/mol. The summed E-state index contributed by atoms with van der Waals surface area (Å²) in [4.78, 5) is 19.9. The Bertz CT molecular complexity index is 882. The molecule has 2 saturated carbocycles. The van der Waals surface area contributed by atoms with E-state index in [0.29, 0.717) is 50.6 Å². The Balaban J connectivity index is 1.22. The van der Waals surface area contributed by atoms with Crippen molar-refractivity contribution in [2.24, 2.45) is 11.3 Å². The van der Waals surface area contributed by atoms with Crippen LogP contribution in [0.1, 0.15) is 95.7 Å². The van der Waals surface area contributed by atoms with Gasteiger partial charge in [-0.1, -0.05) is 25.4 Å². The molecule has 2 saturated heterocycles. The molecule has 4 aliphatic rings. The summed E-state index contributed by atoms with van der Waals surface area (Å²) in [7, 11) is 0. The van der Waals surface area contributed by atoms with Crippen LogP contribution in [0.2, 0.25) is 0 Å². The molecule has 0 radical (unpaired) electrons. The third-order valence-corrected chi connectivity index (χ3v) is 9.54. The minimum absolute atomic E-state index is 0.0185. The Morgan fingerprint density at radius 2 is 1.82 bits per heavy atom. The van der Waals surface area contributed by atoms with E-state index in [-0.39, 0.29) is 47.5 Å². The van der Waals surface area contributed by atoms with Crippen molar-refractivity contribution >= 4 is 5.91 Å². The highest BCUT2D eigenvalue weighted by atomic mass is 19.3. The first-order chi connectivity index (χ1) is 16.1. The molecule has 2 aliphatic carbocycles. The second-order valence-corrected chi connectivity index (χ2v) is 11.6. The first-order valence-corrected chi connectivity index (χ1v) is 13.1. The lowest BCUT2D eigenvalue weighted by atomic mass is 9.62. The fourth-order valence-corrected chi connectivity index (χ4v) is 6.62. The van der Waals surface area contributed by atoms with Gasteiger partial charge < -0.3 is 19.8 Å². The van der Waals surface area contributed by atoms with Gasteiger partial charge in [0, 0.05) is 43.8 Å². The van der Waals surface area contributed by atoms with Gasteiger partial charge in [0.05, 0.1) is 17.6 Å². The van der Waals surface area contributed by atoms with Gasteiger partial charge in [-0.2, -0.15) is 4.98 Å². The molecule has 1 amide bonds. The quantitative estimate of drug-likeness (QED) is 0.682. The normalized spacial score (nSPS) is 30.9. The summed E-state index contributed by atoms with van der Waals surface area (Å²) in [5.41, 5.74) is -0.342. The number of halogens is 2. The summed E-state index contributed by atoms with van der Waals surface area (Å²) >= 11 is 0. The van der Waals surface area contributed by atoms with E-state index < -0.39 is 12.0 Å².